The summed E-state index contributed by atoms with van der Waals surface area (Å²) in [4.78, 5) is 0. The molecule has 0 aliphatic carbocycles. The lowest BCUT2D eigenvalue weighted by molar-refractivity contribution is 0.851. The van der Waals surface area contributed by atoms with Gasteiger partial charge in [0.15, 0.2) is 0 Å². The Hall–Kier alpha value is 0.210. The molecular formula is C11H19I. The molecule has 0 aromatic rings. The van der Waals surface area contributed by atoms with Gasteiger partial charge in [0.1, 0.15) is 0 Å². The number of halogens is 1. The summed E-state index contributed by atoms with van der Waals surface area (Å²) >= 11 is 2.48. The van der Waals surface area contributed by atoms with Crippen LogP contribution in [-0.2, 0) is 0 Å². The minimum absolute atomic E-state index is 1.08. The highest BCUT2D eigenvalue weighted by Crippen LogP contribution is 2.24. The maximum absolute atomic E-state index is 3.79. The molecule has 0 saturated heterocycles. The van der Waals surface area contributed by atoms with Crippen LogP contribution in [0.3, 0.4) is 0 Å². The van der Waals surface area contributed by atoms with Crippen molar-refractivity contribution in [3.63, 3.8) is 0 Å². The van der Waals surface area contributed by atoms with Gasteiger partial charge in [0.25, 0.3) is 0 Å². The van der Waals surface area contributed by atoms with Crippen LogP contribution in [0.4, 0.5) is 0 Å². The summed E-state index contributed by atoms with van der Waals surface area (Å²) in [6.45, 7) is 8.26. The van der Waals surface area contributed by atoms with Crippen molar-refractivity contribution in [2.45, 2.75) is 46.0 Å². The van der Waals surface area contributed by atoms with E-state index in [2.05, 4.69) is 43.0 Å². The predicted octanol–water partition coefficient (Wildman–Crippen LogP) is 4.85. The fraction of sp³-hybridized carbons (Fsp3) is 0.636. The number of hydrogen-bond donors (Lipinski definition) is 0. The first-order chi connectivity index (χ1) is 5.76. The predicted molar refractivity (Wildman–Crippen MR) is 65.7 cm³/mol. The molecule has 0 aromatic carbocycles. The van der Waals surface area contributed by atoms with Gasteiger partial charge in [-0.2, -0.15) is 0 Å². The topological polar surface area (TPSA) is 0 Å². The van der Waals surface area contributed by atoms with E-state index in [1.54, 1.807) is 9.15 Å². The summed E-state index contributed by atoms with van der Waals surface area (Å²) in [5.74, 6) is 0. The molecular weight excluding hydrogens is 259 g/mol. The van der Waals surface area contributed by atoms with E-state index < -0.39 is 0 Å². The van der Waals surface area contributed by atoms with Crippen LogP contribution in [0.25, 0.3) is 0 Å². The fourth-order valence-electron chi connectivity index (χ4n) is 1.22. The maximum atomic E-state index is 3.79. The zero-order chi connectivity index (χ0) is 9.40. The average molecular weight is 278 g/mol. The first-order valence-corrected chi connectivity index (χ1v) is 5.81. The first kappa shape index (κ1) is 12.2. The second-order valence-electron chi connectivity index (χ2n) is 3.00. The van der Waals surface area contributed by atoms with Crippen LogP contribution in [0.1, 0.15) is 46.0 Å². The molecule has 0 N–H and O–H groups in total. The zero-order valence-electron chi connectivity index (χ0n) is 8.20. The molecule has 0 heterocycles. The van der Waals surface area contributed by atoms with E-state index in [4.69, 9.17) is 0 Å². The maximum Gasteiger partial charge on any atom is -0.00990 e. The third-order valence-electron chi connectivity index (χ3n) is 1.80. The Bertz CT molecular complexity index is 156. The lowest BCUT2D eigenvalue weighted by Crippen LogP contribution is -1.85. The van der Waals surface area contributed by atoms with Crippen molar-refractivity contribution in [2.75, 3.05) is 0 Å². The Morgan fingerprint density at radius 2 is 1.83 bits per heavy atom. The van der Waals surface area contributed by atoms with Gasteiger partial charge in [0.2, 0.25) is 0 Å². The standard InChI is InChI=1S/C11H19I/c1-4-7-10(8-5-2)11(12)9-6-3/h4H,1,5-9H2,2-3H3/b11-10-. The molecule has 70 valence electrons. The molecule has 0 radical (unpaired) electrons. The molecule has 0 aromatic heterocycles. The molecule has 0 rings (SSSR count). The Balaban J connectivity index is 4.20. The van der Waals surface area contributed by atoms with E-state index in [-0.39, 0.29) is 0 Å². The zero-order valence-corrected chi connectivity index (χ0v) is 10.4. The highest BCUT2D eigenvalue weighted by Gasteiger charge is 2.00. The Labute approximate surface area is 90.3 Å². The van der Waals surface area contributed by atoms with Crippen molar-refractivity contribution in [3.05, 3.63) is 21.8 Å². The molecule has 0 atom stereocenters. The van der Waals surface area contributed by atoms with Gasteiger partial charge in [-0.3, -0.25) is 0 Å². The Kier molecular flexibility index (Phi) is 7.98. The van der Waals surface area contributed by atoms with Gasteiger partial charge in [-0.05, 0) is 45.4 Å². The molecule has 0 bridgehead atoms. The molecule has 0 spiro atoms. The second kappa shape index (κ2) is 7.84. The molecule has 1 heteroatoms. The van der Waals surface area contributed by atoms with Gasteiger partial charge in [0, 0.05) is 0 Å². The molecule has 12 heavy (non-hydrogen) atoms. The summed E-state index contributed by atoms with van der Waals surface area (Å²) < 4.78 is 1.55. The van der Waals surface area contributed by atoms with Crippen LogP contribution in [0.15, 0.2) is 21.8 Å². The molecule has 0 saturated carbocycles. The lowest BCUT2D eigenvalue weighted by Gasteiger charge is -2.06. The molecule has 0 nitrogen and oxygen atoms in total. The Morgan fingerprint density at radius 1 is 1.25 bits per heavy atom. The van der Waals surface area contributed by atoms with Crippen molar-refractivity contribution < 1.29 is 0 Å². The van der Waals surface area contributed by atoms with Gasteiger partial charge in [-0.1, -0.05) is 38.3 Å². The molecule has 0 unspecified atom stereocenters. The SMILES string of the molecule is C=CC/C(CCC)=C(/I)CCC. The van der Waals surface area contributed by atoms with Crippen molar-refractivity contribution in [2.24, 2.45) is 0 Å². The second-order valence-corrected chi connectivity index (χ2v) is 4.30. The third-order valence-corrected chi connectivity index (χ3v) is 3.10. The van der Waals surface area contributed by atoms with Crippen molar-refractivity contribution in [1.82, 2.24) is 0 Å². The average Bonchev–Trinajstić information content (AvgIpc) is 2.04. The normalized spacial score (nSPS) is 12.6. The van der Waals surface area contributed by atoms with E-state index >= 15 is 0 Å². The number of rotatable bonds is 6. The van der Waals surface area contributed by atoms with Crippen LogP contribution in [0.5, 0.6) is 0 Å². The Morgan fingerprint density at radius 3 is 2.25 bits per heavy atom. The van der Waals surface area contributed by atoms with E-state index in [0.717, 1.165) is 6.42 Å². The molecule has 0 fully saturated rings. The van der Waals surface area contributed by atoms with Crippen molar-refractivity contribution in [1.29, 1.82) is 0 Å². The van der Waals surface area contributed by atoms with Crippen LogP contribution in [-0.4, -0.2) is 0 Å². The van der Waals surface area contributed by atoms with Gasteiger partial charge in [-0.25, -0.2) is 0 Å². The minimum atomic E-state index is 1.08. The van der Waals surface area contributed by atoms with Crippen molar-refractivity contribution >= 4 is 22.6 Å². The van der Waals surface area contributed by atoms with Crippen LogP contribution < -0.4 is 0 Å². The van der Waals surface area contributed by atoms with Gasteiger partial charge in [0.05, 0.1) is 0 Å². The van der Waals surface area contributed by atoms with Gasteiger partial charge >= 0.3 is 0 Å². The number of allylic oxidation sites excluding steroid dienone is 3. The monoisotopic (exact) mass is 278 g/mol. The molecule has 0 amide bonds. The fourth-order valence-corrected chi connectivity index (χ4v) is 2.25. The number of hydrogen-bond acceptors (Lipinski definition) is 0. The summed E-state index contributed by atoms with van der Waals surface area (Å²) in [7, 11) is 0. The van der Waals surface area contributed by atoms with Gasteiger partial charge in [-0.15, -0.1) is 6.58 Å². The van der Waals surface area contributed by atoms with Gasteiger partial charge < -0.3 is 0 Å². The highest BCUT2D eigenvalue weighted by atomic mass is 127. The van der Waals surface area contributed by atoms with Crippen molar-refractivity contribution in [3.8, 4) is 0 Å². The van der Waals surface area contributed by atoms with E-state index in [0.29, 0.717) is 0 Å². The molecule has 0 aliphatic rings. The minimum Gasteiger partial charge on any atom is -0.103 e. The molecule has 0 aliphatic heterocycles. The highest BCUT2D eigenvalue weighted by molar-refractivity contribution is 14.1. The van der Waals surface area contributed by atoms with E-state index in [1.807, 2.05) is 6.08 Å². The summed E-state index contributed by atoms with van der Waals surface area (Å²) in [5, 5.41) is 0. The lowest BCUT2D eigenvalue weighted by atomic mass is 10.1. The summed E-state index contributed by atoms with van der Waals surface area (Å²) in [6, 6.07) is 0. The third kappa shape index (κ3) is 4.96. The smallest absolute Gasteiger partial charge is 0.00990 e. The first-order valence-electron chi connectivity index (χ1n) is 4.73. The van der Waals surface area contributed by atoms with E-state index in [9.17, 15) is 0 Å². The quantitative estimate of drug-likeness (QED) is 0.481. The van der Waals surface area contributed by atoms with Crippen LogP contribution >= 0.6 is 22.6 Å². The summed E-state index contributed by atoms with van der Waals surface area (Å²) in [6.07, 6.45) is 8.07. The van der Waals surface area contributed by atoms with Crippen LogP contribution in [0.2, 0.25) is 0 Å². The van der Waals surface area contributed by atoms with E-state index in [1.165, 1.54) is 25.7 Å². The summed E-state index contributed by atoms with van der Waals surface area (Å²) in [5.41, 5.74) is 1.59. The van der Waals surface area contributed by atoms with Crippen LogP contribution in [0, 0.1) is 0 Å². The largest absolute Gasteiger partial charge is 0.103 e.